The molecule has 19 heavy (non-hydrogen) atoms. The lowest BCUT2D eigenvalue weighted by atomic mass is 10.1. The Morgan fingerprint density at radius 2 is 2.11 bits per heavy atom. The van der Waals surface area contributed by atoms with Crippen LogP contribution >= 0.6 is 11.3 Å². The molecule has 108 valence electrons. The SMILES string of the molecule is CCNCc1cc(CN(C)CC2CCCC2)c(C)s1. The Bertz CT molecular complexity index is 380. The van der Waals surface area contributed by atoms with Gasteiger partial charge in [0, 0.05) is 29.4 Å². The van der Waals surface area contributed by atoms with Crippen molar-refractivity contribution in [3.05, 3.63) is 21.4 Å². The van der Waals surface area contributed by atoms with Gasteiger partial charge in [-0.05, 0) is 50.9 Å². The molecule has 0 aromatic carbocycles. The zero-order valence-corrected chi connectivity index (χ0v) is 13.5. The molecule has 1 aliphatic carbocycles. The molecule has 1 N–H and O–H groups in total. The van der Waals surface area contributed by atoms with Crippen LogP contribution in [0.1, 0.15) is 47.9 Å². The molecule has 1 saturated carbocycles. The van der Waals surface area contributed by atoms with Crippen molar-refractivity contribution in [1.82, 2.24) is 10.2 Å². The Morgan fingerprint density at radius 3 is 2.79 bits per heavy atom. The van der Waals surface area contributed by atoms with Gasteiger partial charge in [-0.25, -0.2) is 0 Å². The van der Waals surface area contributed by atoms with E-state index in [0.717, 1.165) is 25.6 Å². The normalized spacial score (nSPS) is 16.6. The zero-order valence-electron chi connectivity index (χ0n) is 12.7. The second-order valence-corrected chi connectivity index (χ2v) is 7.26. The molecule has 0 unspecified atom stereocenters. The number of nitrogens with one attached hydrogen (secondary N) is 1. The lowest BCUT2D eigenvalue weighted by Gasteiger charge is -2.20. The minimum absolute atomic E-state index is 0.949. The maximum absolute atomic E-state index is 3.41. The number of thiophene rings is 1. The van der Waals surface area contributed by atoms with Crippen molar-refractivity contribution in [3.8, 4) is 0 Å². The number of nitrogens with zero attached hydrogens (tertiary/aromatic N) is 1. The van der Waals surface area contributed by atoms with Crippen molar-refractivity contribution in [2.75, 3.05) is 20.1 Å². The quantitative estimate of drug-likeness (QED) is 0.817. The number of hydrogen-bond acceptors (Lipinski definition) is 3. The second kappa shape index (κ2) is 7.41. The second-order valence-electron chi connectivity index (χ2n) is 5.92. The third-order valence-corrected chi connectivity index (χ3v) is 5.20. The van der Waals surface area contributed by atoms with Gasteiger partial charge in [0.05, 0.1) is 0 Å². The molecule has 3 heteroatoms. The maximum Gasteiger partial charge on any atom is 0.0299 e. The van der Waals surface area contributed by atoms with E-state index >= 15 is 0 Å². The van der Waals surface area contributed by atoms with E-state index in [-0.39, 0.29) is 0 Å². The van der Waals surface area contributed by atoms with Crippen molar-refractivity contribution in [2.45, 2.75) is 52.6 Å². The third-order valence-electron chi connectivity index (χ3n) is 4.11. The van der Waals surface area contributed by atoms with Crippen LogP contribution in [0, 0.1) is 12.8 Å². The van der Waals surface area contributed by atoms with Gasteiger partial charge in [-0.2, -0.15) is 0 Å². The van der Waals surface area contributed by atoms with Crippen LogP contribution in [0.4, 0.5) is 0 Å². The van der Waals surface area contributed by atoms with E-state index in [4.69, 9.17) is 0 Å². The first-order valence-electron chi connectivity index (χ1n) is 7.66. The molecule has 1 heterocycles. The van der Waals surface area contributed by atoms with Crippen molar-refractivity contribution >= 4 is 11.3 Å². The van der Waals surface area contributed by atoms with E-state index < -0.39 is 0 Å². The molecule has 2 nitrogen and oxygen atoms in total. The first-order chi connectivity index (χ1) is 9.19. The lowest BCUT2D eigenvalue weighted by Crippen LogP contribution is -2.24. The molecular formula is C16H28N2S. The summed E-state index contributed by atoms with van der Waals surface area (Å²) in [5.74, 6) is 0.949. The summed E-state index contributed by atoms with van der Waals surface area (Å²) in [4.78, 5) is 5.48. The smallest absolute Gasteiger partial charge is 0.0299 e. The molecule has 1 aromatic heterocycles. The van der Waals surface area contributed by atoms with Crippen LogP contribution in [0.5, 0.6) is 0 Å². The zero-order chi connectivity index (χ0) is 13.7. The van der Waals surface area contributed by atoms with E-state index in [1.807, 2.05) is 11.3 Å². The van der Waals surface area contributed by atoms with Gasteiger partial charge in [0.2, 0.25) is 0 Å². The maximum atomic E-state index is 3.41. The predicted octanol–water partition coefficient (Wildman–Crippen LogP) is 3.79. The molecule has 0 aliphatic heterocycles. The summed E-state index contributed by atoms with van der Waals surface area (Å²) in [6.07, 6.45) is 5.78. The molecular weight excluding hydrogens is 252 g/mol. The van der Waals surface area contributed by atoms with Gasteiger partial charge in [-0.1, -0.05) is 19.8 Å². The Kier molecular flexibility index (Phi) is 5.86. The van der Waals surface area contributed by atoms with Crippen molar-refractivity contribution in [1.29, 1.82) is 0 Å². The monoisotopic (exact) mass is 280 g/mol. The molecule has 1 aromatic rings. The van der Waals surface area contributed by atoms with Gasteiger partial charge < -0.3 is 10.2 Å². The van der Waals surface area contributed by atoms with Crippen LogP contribution in [0.15, 0.2) is 6.07 Å². The van der Waals surface area contributed by atoms with Crippen LogP contribution in [-0.2, 0) is 13.1 Å². The molecule has 0 radical (unpaired) electrons. The minimum Gasteiger partial charge on any atom is -0.312 e. The molecule has 0 saturated heterocycles. The largest absolute Gasteiger partial charge is 0.312 e. The van der Waals surface area contributed by atoms with Crippen LogP contribution in [0.25, 0.3) is 0 Å². The average Bonchev–Trinajstić information content (AvgIpc) is 2.98. The highest BCUT2D eigenvalue weighted by atomic mass is 32.1. The van der Waals surface area contributed by atoms with Crippen molar-refractivity contribution in [2.24, 2.45) is 5.92 Å². The minimum atomic E-state index is 0.949. The topological polar surface area (TPSA) is 15.3 Å². The first-order valence-corrected chi connectivity index (χ1v) is 8.48. The Hall–Kier alpha value is -0.380. The molecule has 0 spiro atoms. The summed E-state index contributed by atoms with van der Waals surface area (Å²) in [5.41, 5.74) is 1.53. The average molecular weight is 280 g/mol. The third kappa shape index (κ3) is 4.59. The highest BCUT2D eigenvalue weighted by molar-refractivity contribution is 7.12. The van der Waals surface area contributed by atoms with E-state index in [2.05, 4.69) is 37.2 Å². The van der Waals surface area contributed by atoms with Gasteiger partial charge in [0.1, 0.15) is 0 Å². The van der Waals surface area contributed by atoms with Crippen molar-refractivity contribution < 1.29 is 0 Å². The molecule has 1 fully saturated rings. The molecule has 0 atom stereocenters. The van der Waals surface area contributed by atoms with Crippen molar-refractivity contribution in [3.63, 3.8) is 0 Å². The van der Waals surface area contributed by atoms with E-state index in [1.165, 1.54) is 47.5 Å². The predicted molar refractivity (Wildman–Crippen MR) is 84.7 cm³/mol. The first kappa shape index (κ1) is 15.0. The number of aryl methyl sites for hydroxylation is 1. The summed E-state index contributed by atoms with van der Waals surface area (Å²) in [5, 5.41) is 3.41. The summed E-state index contributed by atoms with van der Waals surface area (Å²) in [7, 11) is 2.28. The van der Waals surface area contributed by atoms with E-state index in [1.54, 1.807) is 0 Å². The summed E-state index contributed by atoms with van der Waals surface area (Å²) in [6, 6.07) is 2.40. The van der Waals surface area contributed by atoms with Gasteiger partial charge >= 0.3 is 0 Å². The van der Waals surface area contributed by atoms with E-state index in [9.17, 15) is 0 Å². The van der Waals surface area contributed by atoms with Crippen LogP contribution < -0.4 is 5.32 Å². The number of rotatable bonds is 7. The van der Waals surface area contributed by atoms with Crippen LogP contribution in [0.3, 0.4) is 0 Å². The highest BCUT2D eigenvalue weighted by Gasteiger charge is 2.17. The van der Waals surface area contributed by atoms with Gasteiger partial charge in [-0.3, -0.25) is 0 Å². The van der Waals surface area contributed by atoms with E-state index in [0.29, 0.717) is 0 Å². The lowest BCUT2D eigenvalue weighted by molar-refractivity contribution is 0.271. The fraction of sp³-hybridized carbons (Fsp3) is 0.750. The van der Waals surface area contributed by atoms with Gasteiger partial charge in [0.15, 0.2) is 0 Å². The van der Waals surface area contributed by atoms with Crippen LogP contribution in [0.2, 0.25) is 0 Å². The summed E-state index contributed by atoms with van der Waals surface area (Å²) < 4.78 is 0. The molecule has 1 aliphatic rings. The fourth-order valence-corrected chi connectivity index (χ4v) is 4.09. The molecule has 2 rings (SSSR count). The Morgan fingerprint density at radius 1 is 1.37 bits per heavy atom. The van der Waals surface area contributed by atoms with Gasteiger partial charge in [-0.15, -0.1) is 11.3 Å². The number of hydrogen-bond donors (Lipinski definition) is 1. The summed E-state index contributed by atoms with van der Waals surface area (Å²) >= 11 is 1.95. The summed E-state index contributed by atoms with van der Waals surface area (Å²) in [6.45, 7) is 8.89. The molecule has 0 bridgehead atoms. The Balaban J connectivity index is 1.84. The van der Waals surface area contributed by atoms with Gasteiger partial charge in [0.25, 0.3) is 0 Å². The highest BCUT2D eigenvalue weighted by Crippen LogP contribution is 2.27. The standard InChI is InChI=1S/C16H28N2S/c1-4-17-10-16-9-15(13(2)19-16)12-18(3)11-14-7-5-6-8-14/h9,14,17H,4-8,10-12H2,1-3H3. The Labute approximate surface area is 122 Å². The van der Waals surface area contributed by atoms with Crippen LogP contribution in [-0.4, -0.2) is 25.0 Å². The fourth-order valence-electron chi connectivity index (χ4n) is 3.07. The molecule has 0 amide bonds.